The van der Waals surface area contributed by atoms with Crippen molar-refractivity contribution >= 4 is 12.0 Å². The molecular weight excluding hydrogens is 198 g/mol. The number of carbonyl (C=O) groups excluding carboxylic acids is 1. The lowest BCUT2D eigenvalue weighted by Gasteiger charge is -2.19. The van der Waals surface area contributed by atoms with Crippen LogP contribution >= 0.6 is 0 Å². The van der Waals surface area contributed by atoms with Gasteiger partial charge in [0.2, 0.25) is 5.91 Å². The van der Waals surface area contributed by atoms with E-state index in [9.17, 15) is 4.79 Å². The van der Waals surface area contributed by atoms with Gasteiger partial charge < -0.3 is 5.73 Å². The van der Waals surface area contributed by atoms with E-state index in [0.29, 0.717) is 6.42 Å². The maximum absolute atomic E-state index is 10.6. The van der Waals surface area contributed by atoms with E-state index in [2.05, 4.69) is 32.9 Å². The highest BCUT2D eigenvalue weighted by Gasteiger charge is 2.12. The van der Waals surface area contributed by atoms with Crippen molar-refractivity contribution in [2.45, 2.75) is 32.6 Å². The van der Waals surface area contributed by atoms with Gasteiger partial charge in [0.25, 0.3) is 0 Å². The standard InChI is InChI=1S/C14H19NO/c1-14(2,3)12-8-4-6-11(10-12)7-5-9-13(15)16/h4-8,10H,9H2,1-3H3,(H2,15,16). The fraction of sp³-hybridized carbons (Fsp3) is 0.357. The number of rotatable bonds is 3. The normalized spacial score (nSPS) is 11.9. The molecule has 2 nitrogen and oxygen atoms in total. The van der Waals surface area contributed by atoms with Crippen molar-refractivity contribution in [2.24, 2.45) is 5.73 Å². The molecule has 0 unspecified atom stereocenters. The molecule has 0 aromatic heterocycles. The minimum absolute atomic E-state index is 0.146. The second-order valence-electron chi connectivity index (χ2n) is 4.95. The Morgan fingerprint density at radius 3 is 2.62 bits per heavy atom. The van der Waals surface area contributed by atoms with Gasteiger partial charge in [-0.1, -0.05) is 57.2 Å². The minimum atomic E-state index is -0.303. The Balaban J connectivity index is 2.83. The van der Waals surface area contributed by atoms with Crippen LogP contribution in [-0.2, 0) is 10.2 Å². The van der Waals surface area contributed by atoms with Gasteiger partial charge in [0.05, 0.1) is 0 Å². The predicted molar refractivity (Wildman–Crippen MR) is 68.0 cm³/mol. The molecule has 0 bridgehead atoms. The van der Waals surface area contributed by atoms with Crippen molar-refractivity contribution in [2.75, 3.05) is 0 Å². The van der Waals surface area contributed by atoms with E-state index >= 15 is 0 Å². The van der Waals surface area contributed by atoms with Crippen LogP contribution in [0.3, 0.4) is 0 Å². The van der Waals surface area contributed by atoms with Crippen LogP contribution in [0.4, 0.5) is 0 Å². The van der Waals surface area contributed by atoms with Crippen LogP contribution in [0.2, 0.25) is 0 Å². The maximum Gasteiger partial charge on any atom is 0.221 e. The van der Waals surface area contributed by atoms with Crippen LogP contribution in [0.1, 0.15) is 38.3 Å². The molecule has 86 valence electrons. The van der Waals surface area contributed by atoms with E-state index in [1.165, 1.54) is 5.56 Å². The lowest BCUT2D eigenvalue weighted by Crippen LogP contribution is -2.10. The fourth-order valence-electron chi connectivity index (χ4n) is 1.42. The molecule has 1 aromatic rings. The second kappa shape index (κ2) is 4.97. The Morgan fingerprint density at radius 2 is 2.06 bits per heavy atom. The monoisotopic (exact) mass is 217 g/mol. The van der Waals surface area contributed by atoms with Crippen molar-refractivity contribution in [1.82, 2.24) is 0 Å². The minimum Gasteiger partial charge on any atom is -0.369 e. The van der Waals surface area contributed by atoms with Gasteiger partial charge >= 0.3 is 0 Å². The summed E-state index contributed by atoms with van der Waals surface area (Å²) < 4.78 is 0. The molecule has 1 amide bonds. The molecule has 0 heterocycles. The molecule has 0 aliphatic carbocycles. The Bertz CT molecular complexity index is 399. The van der Waals surface area contributed by atoms with E-state index < -0.39 is 0 Å². The van der Waals surface area contributed by atoms with Crippen LogP contribution in [-0.4, -0.2) is 5.91 Å². The van der Waals surface area contributed by atoms with Crippen LogP contribution in [0, 0.1) is 0 Å². The number of hydrogen-bond donors (Lipinski definition) is 1. The Kier molecular flexibility index (Phi) is 3.88. The van der Waals surface area contributed by atoms with Gasteiger partial charge in [-0.3, -0.25) is 4.79 Å². The predicted octanol–water partition coefficient (Wildman–Crippen LogP) is 2.87. The number of primary amides is 1. The summed E-state index contributed by atoms with van der Waals surface area (Å²) in [4.78, 5) is 10.6. The Morgan fingerprint density at radius 1 is 1.38 bits per heavy atom. The van der Waals surface area contributed by atoms with E-state index in [-0.39, 0.29) is 11.3 Å². The summed E-state index contributed by atoms with van der Waals surface area (Å²) in [5.41, 5.74) is 7.60. The lowest BCUT2D eigenvalue weighted by atomic mass is 9.86. The van der Waals surface area contributed by atoms with Gasteiger partial charge in [-0.15, -0.1) is 0 Å². The molecule has 16 heavy (non-hydrogen) atoms. The van der Waals surface area contributed by atoms with Crippen LogP contribution in [0.25, 0.3) is 6.08 Å². The third-order valence-electron chi connectivity index (χ3n) is 2.38. The van der Waals surface area contributed by atoms with Crippen molar-refractivity contribution < 1.29 is 4.79 Å². The van der Waals surface area contributed by atoms with Crippen molar-refractivity contribution in [3.8, 4) is 0 Å². The third-order valence-corrected chi connectivity index (χ3v) is 2.38. The molecule has 1 aromatic carbocycles. The molecule has 2 N–H and O–H groups in total. The van der Waals surface area contributed by atoms with E-state index in [1.807, 2.05) is 18.2 Å². The first kappa shape index (κ1) is 12.5. The van der Waals surface area contributed by atoms with Gasteiger partial charge in [0.1, 0.15) is 0 Å². The summed E-state index contributed by atoms with van der Waals surface area (Å²) in [7, 11) is 0. The summed E-state index contributed by atoms with van der Waals surface area (Å²) in [6.07, 6.45) is 4.02. The van der Waals surface area contributed by atoms with Crippen LogP contribution < -0.4 is 5.73 Å². The smallest absolute Gasteiger partial charge is 0.221 e. The zero-order valence-corrected chi connectivity index (χ0v) is 10.2. The summed E-state index contributed by atoms with van der Waals surface area (Å²) >= 11 is 0. The van der Waals surface area contributed by atoms with Gasteiger partial charge in [-0.25, -0.2) is 0 Å². The van der Waals surface area contributed by atoms with E-state index in [0.717, 1.165) is 5.56 Å². The first-order valence-electron chi connectivity index (χ1n) is 5.45. The number of amides is 1. The number of hydrogen-bond acceptors (Lipinski definition) is 1. The third kappa shape index (κ3) is 3.89. The SMILES string of the molecule is CC(C)(C)c1cccc(C=CCC(N)=O)c1. The van der Waals surface area contributed by atoms with Crippen molar-refractivity contribution in [3.05, 3.63) is 41.5 Å². The summed E-state index contributed by atoms with van der Waals surface area (Å²) in [6.45, 7) is 6.54. The Labute approximate surface area is 97.2 Å². The van der Waals surface area contributed by atoms with E-state index in [1.54, 1.807) is 6.08 Å². The zero-order valence-electron chi connectivity index (χ0n) is 10.2. The topological polar surface area (TPSA) is 43.1 Å². The first-order chi connectivity index (χ1) is 7.39. The molecule has 0 aliphatic heterocycles. The second-order valence-corrected chi connectivity index (χ2v) is 4.95. The van der Waals surface area contributed by atoms with Gasteiger partial charge in [-0.2, -0.15) is 0 Å². The van der Waals surface area contributed by atoms with Gasteiger partial charge in [0.15, 0.2) is 0 Å². The Hall–Kier alpha value is -1.57. The molecule has 0 radical (unpaired) electrons. The average Bonchev–Trinajstić information content (AvgIpc) is 2.16. The molecular formula is C14H19NO. The average molecular weight is 217 g/mol. The van der Waals surface area contributed by atoms with E-state index in [4.69, 9.17) is 5.73 Å². The molecule has 0 saturated heterocycles. The van der Waals surface area contributed by atoms with Crippen molar-refractivity contribution in [1.29, 1.82) is 0 Å². The molecule has 0 aliphatic rings. The molecule has 1 rings (SSSR count). The number of nitrogens with two attached hydrogens (primary N) is 1. The van der Waals surface area contributed by atoms with Crippen LogP contribution in [0.15, 0.2) is 30.3 Å². The zero-order chi connectivity index (χ0) is 12.2. The quantitative estimate of drug-likeness (QED) is 0.831. The number of carbonyl (C=O) groups is 1. The molecule has 0 spiro atoms. The summed E-state index contributed by atoms with van der Waals surface area (Å²) in [6, 6.07) is 8.31. The van der Waals surface area contributed by atoms with Crippen LogP contribution in [0.5, 0.6) is 0 Å². The highest BCUT2D eigenvalue weighted by atomic mass is 16.1. The lowest BCUT2D eigenvalue weighted by molar-refractivity contribution is -0.117. The molecule has 0 atom stereocenters. The molecule has 2 heteroatoms. The fourth-order valence-corrected chi connectivity index (χ4v) is 1.42. The van der Waals surface area contributed by atoms with Gasteiger partial charge in [0, 0.05) is 6.42 Å². The molecule has 0 saturated carbocycles. The summed E-state index contributed by atoms with van der Waals surface area (Å²) in [5.74, 6) is -0.303. The molecule has 0 fully saturated rings. The van der Waals surface area contributed by atoms with Gasteiger partial charge in [-0.05, 0) is 16.5 Å². The summed E-state index contributed by atoms with van der Waals surface area (Å²) in [5, 5.41) is 0. The largest absolute Gasteiger partial charge is 0.369 e. The highest BCUT2D eigenvalue weighted by Crippen LogP contribution is 2.23. The first-order valence-corrected chi connectivity index (χ1v) is 5.45. The maximum atomic E-state index is 10.6. The van der Waals surface area contributed by atoms with Crippen molar-refractivity contribution in [3.63, 3.8) is 0 Å². The highest BCUT2D eigenvalue weighted by molar-refractivity contribution is 5.76. The number of benzene rings is 1.